The summed E-state index contributed by atoms with van der Waals surface area (Å²) in [6, 6.07) is 5.19. The Hall–Kier alpha value is -0.640. The molecule has 102 valence electrons. The lowest BCUT2D eigenvalue weighted by Gasteiger charge is -2.22. The van der Waals surface area contributed by atoms with Crippen LogP contribution in [0.3, 0.4) is 0 Å². The zero-order valence-electron chi connectivity index (χ0n) is 11.2. The van der Waals surface area contributed by atoms with Gasteiger partial charge in [-0.1, -0.05) is 37.6 Å². The average Bonchev–Trinajstić information content (AvgIpc) is 2.33. The number of nitrogens with one attached hydrogen (secondary N) is 1. The summed E-state index contributed by atoms with van der Waals surface area (Å²) < 4.78 is 19.0. The van der Waals surface area contributed by atoms with Crippen molar-refractivity contribution in [3.8, 4) is 0 Å². The summed E-state index contributed by atoms with van der Waals surface area (Å²) >= 11 is 5.83. The fourth-order valence-corrected chi connectivity index (χ4v) is 2.13. The zero-order chi connectivity index (χ0) is 13.5. The van der Waals surface area contributed by atoms with Gasteiger partial charge in [-0.25, -0.2) is 4.39 Å². The zero-order valence-corrected chi connectivity index (χ0v) is 11.9. The summed E-state index contributed by atoms with van der Waals surface area (Å²) in [6.07, 6.45) is 0. The molecule has 1 atom stereocenters. The van der Waals surface area contributed by atoms with Crippen molar-refractivity contribution in [2.75, 3.05) is 26.8 Å². The molecule has 0 fully saturated rings. The van der Waals surface area contributed by atoms with Crippen molar-refractivity contribution in [3.63, 3.8) is 0 Å². The molecule has 0 saturated carbocycles. The highest BCUT2D eigenvalue weighted by Gasteiger charge is 2.20. The van der Waals surface area contributed by atoms with Crippen LogP contribution in [0.2, 0.25) is 5.02 Å². The summed E-state index contributed by atoms with van der Waals surface area (Å²) in [5, 5.41) is 3.47. The maximum atomic E-state index is 14.0. The van der Waals surface area contributed by atoms with Gasteiger partial charge in [-0.05, 0) is 17.5 Å². The maximum absolute atomic E-state index is 14.0. The minimum Gasteiger partial charge on any atom is -0.383 e. The third kappa shape index (κ3) is 4.23. The van der Waals surface area contributed by atoms with E-state index in [-0.39, 0.29) is 16.8 Å². The topological polar surface area (TPSA) is 21.3 Å². The number of halogens is 2. The summed E-state index contributed by atoms with van der Waals surface area (Å²) in [6.45, 7) is 6.31. The lowest BCUT2D eigenvalue weighted by molar-refractivity contribution is 0.198. The van der Waals surface area contributed by atoms with Gasteiger partial charge in [-0.2, -0.15) is 0 Å². The van der Waals surface area contributed by atoms with Gasteiger partial charge in [-0.15, -0.1) is 0 Å². The van der Waals surface area contributed by atoms with Crippen LogP contribution >= 0.6 is 11.6 Å². The van der Waals surface area contributed by atoms with E-state index in [9.17, 15) is 4.39 Å². The van der Waals surface area contributed by atoms with Crippen LogP contribution in [-0.4, -0.2) is 26.8 Å². The summed E-state index contributed by atoms with van der Waals surface area (Å²) in [5.74, 6) is 0.153. The van der Waals surface area contributed by atoms with Crippen LogP contribution in [0.15, 0.2) is 18.2 Å². The number of hydrogen-bond acceptors (Lipinski definition) is 2. The molecular weight excluding hydrogens is 253 g/mol. The highest BCUT2D eigenvalue weighted by atomic mass is 35.5. The van der Waals surface area contributed by atoms with E-state index in [1.807, 2.05) is 6.07 Å². The first-order valence-corrected chi connectivity index (χ1v) is 6.59. The smallest absolute Gasteiger partial charge is 0.145 e. The second-order valence-electron chi connectivity index (χ2n) is 4.69. The standard InChI is InChI=1S/C14H21ClFNO/c1-10(2)12(9-17-7-8-18-3)11-5-4-6-13(15)14(11)16/h4-6,10,12,17H,7-9H2,1-3H3. The second-order valence-corrected chi connectivity index (χ2v) is 5.10. The Labute approximate surface area is 113 Å². The van der Waals surface area contributed by atoms with Crippen LogP contribution in [-0.2, 0) is 4.74 Å². The molecule has 0 radical (unpaired) electrons. The Balaban J connectivity index is 2.75. The van der Waals surface area contributed by atoms with Gasteiger partial charge in [0.1, 0.15) is 5.82 Å². The monoisotopic (exact) mass is 273 g/mol. The molecule has 0 aliphatic rings. The highest BCUT2D eigenvalue weighted by molar-refractivity contribution is 6.30. The van der Waals surface area contributed by atoms with Gasteiger partial charge in [0, 0.05) is 26.1 Å². The van der Waals surface area contributed by atoms with Gasteiger partial charge in [0.05, 0.1) is 11.6 Å². The molecule has 0 bridgehead atoms. The van der Waals surface area contributed by atoms with Crippen LogP contribution in [0, 0.1) is 11.7 Å². The highest BCUT2D eigenvalue weighted by Crippen LogP contribution is 2.29. The molecule has 2 nitrogen and oxygen atoms in total. The van der Waals surface area contributed by atoms with Crippen LogP contribution in [0.1, 0.15) is 25.3 Å². The van der Waals surface area contributed by atoms with Gasteiger partial charge in [0.25, 0.3) is 0 Å². The molecule has 0 aromatic heterocycles. The summed E-state index contributed by atoms with van der Waals surface area (Å²) in [5.41, 5.74) is 0.683. The van der Waals surface area contributed by atoms with E-state index >= 15 is 0 Å². The first-order valence-electron chi connectivity index (χ1n) is 6.21. The maximum Gasteiger partial charge on any atom is 0.145 e. The summed E-state index contributed by atoms with van der Waals surface area (Å²) in [4.78, 5) is 0. The molecule has 1 unspecified atom stereocenters. The molecule has 0 amide bonds. The molecule has 1 aromatic carbocycles. The van der Waals surface area contributed by atoms with E-state index in [0.717, 1.165) is 13.1 Å². The van der Waals surface area contributed by atoms with E-state index in [1.54, 1.807) is 19.2 Å². The second kappa shape index (κ2) is 7.72. The minimum absolute atomic E-state index is 0.112. The number of ether oxygens (including phenoxy) is 1. The molecule has 0 saturated heterocycles. The Morgan fingerprint density at radius 2 is 2.11 bits per heavy atom. The molecule has 0 aliphatic heterocycles. The van der Waals surface area contributed by atoms with Crippen LogP contribution in [0.4, 0.5) is 4.39 Å². The van der Waals surface area contributed by atoms with E-state index in [2.05, 4.69) is 19.2 Å². The van der Waals surface area contributed by atoms with Crippen molar-refractivity contribution < 1.29 is 9.13 Å². The van der Waals surface area contributed by atoms with E-state index in [1.165, 1.54) is 0 Å². The molecular formula is C14H21ClFNO. The van der Waals surface area contributed by atoms with Gasteiger partial charge in [-0.3, -0.25) is 0 Å². The first kappa shape index (κ1) is 15.4. The van der Waals surface area contributed by atoms with Crippen LogP contribution in [0.5, 0.6) is 0 Å². The Bertz CT molecular complexity index is 371. The molecule has 0 heterocycles. The number of rotatable bonds is 7. The molecule has 1 rings (SSSR count). The molecule has 0 aliphatic carbocycles. The van der Waals surface area contributed by atoms with E-state index in [4.69, 9.17) is 16.3 Å². The SMILES string of the molecule is COCCNCC(c1cccc(Cl)c1F)C(C)C. The fourth-order valence-electron chi connectivity index (χ4n) is 1.94. The molecule has 18 heavy (non-hydrogen) atoms. The van der Waals surface area contributed by atoms with Gasteiger partial charge in [0.2, 0.25) is 0 Å². The predicted molar refractivity (Wildman–Crippen MR) is 73.7 cm³/mol. The van der Waals surface area contributed by atoms with Crippen molar-refractivity contribution in [2.45, 2.75) is 19.8 Å². The van der Waals surface area contributed by atoms with Gasteiger partial charge in [0.15, 0.2) is 0 Å². The van der Waals surface area contributed by atoms with Crippen molar-refractivity contribution in [2.24, 2.45) is 5.92 Å². The Morgan fingerprint density at radius 3 is 2.72 bits per heavy atom. The third-order valence-corrected chi connectivity index (χ3v) is 3.32. The largest absolute Gasteiger partial charge is 0.383 e. The number of benzene rings is 1. The van der Waals surface area contributed by atoms with Crippen LogP contribution < -0.4 is 5.32 Å². The third-order valence-electron chi connectivity index (χ3n) is 3.03. The molecule has 0 spiro atoms. The van der Waals surface area contributed by atoms with Crippen LogP contribution in [0.25, 0.3) is 0 Å². The average molecular weight is 274 g/mol. The van der Waals surface area contributed by atoms with Crippen molar-refractivity contribution >= 4 is 11.6 Å². The lowest BCUT2D eigenvalue weighted by atomic mass is 9.88. The van der Waals surface area contributed by atoms with E-state index in [0.29, 0.717) is 18.1 Å². The predicted octanol–water partition coefficient (Wildman–Crippen LogP) is 3.45. The van der Waals surface area contributed by atoms with Gasteiger partial charge < -0.3 is 10.1 Å². The molecule has 1 N–H and O–H groups in total. The Morgan fingerprint density at radius 1 is 1.39 bits per heavy atom. The van der Waals surface area contributed by atoms with Crippen molar-refractivity contribution in [3.05, 3.63) is 34.6 Å². The molecule has 1 aromatic rings. The minimum atomic E-state index is -0.300. The van der Waals surface area contributed by atoms with Crippen molar-refractivity contribution in [1.82, 2.24) is 5.32 Å². The normalized spacial score (nSPS) is 13.0. The van der Waals surface area contributed by atoms with Gasteiger partial charge >= 0.3 is 0 Å². The quantitative estimate of drug-likeness (QED) is 0.769. The number of hydrogen-bond donors (Lipinski definition) is 1. The van der Waals surface area contributed by atoms with Crippen molar-refractivity contribution in [1.29, 1.82) is 0 Å². The van der Waals surface area contributed by atoms with E-state index < -0.39 is 0 Å². The summed E-state index contributed by atoms with van der Waals surface area (Å²) in [7, 11) is 1.66. The fraction of sp³-hybridized carbons (Fsp3) is 0.571. The number of methoxy groups -OCH3 is 1. The lowest BCUT2D eigenvalue weighted by Crippen LogP contribution is -2.28. The molecule has 4 heteroatoms. The Kier molecular flexibility index (Phi) is 6.61. The first-order chi connectivity index (χ1) is 8.57.